The molecule has 8 heteroatoms. The smallest absolute Gasteiger partial charge is 0.257 e. The van der Waals surface area contributed by atoms with Crippen molar-refractivity contribution < 1.29 is 9.90 Å². The minimum atomic E-state index is -0.263. The third-order valence-electron chi connectivity index (χ3n) is 5.89. The number of nitrogen functional groups attached to an aromatic ring is 1. The number of nitrogens with zero attached hydrogens (tertiary/aromatic N) is 4. The molecule has 0 saturated heterocycles. The van der Waals surface area contributed by atoms with Gasteiger partial charge in [-0.05, 0) is 37.1 Å². The molecule has 32 heavy (non-hydrogen) atoms. The molecule has 4 aromatic rings. The Labute approximate surface area is 184 Å². The van der Waals surface area contributed by atoms with E-state index in [1.807, 2.05) is 24.3 Å². The van der Waals surface area contributed by atoms with E-state index < -0.39 is 0 Å². The maximum Gasteiger partial charge on any atom is 0.257 e. The number of hydrogen-bond donors (Lipinski definition) is 3. The molecule has 8 nitrogen and oxygen atoms in total. The van der Waals surface area contributed by atoms with Crippen LogP contribution in [0.1, 0.15) is 48.0 Å². The van der Waals surface area contributed by atoms with E-state index in [0.717, 1.165) is 25.7 Å². The van der Waals surface area contributed by atoms with Gasteiger partial charge in [0.25, 0.3) is 5.91 Å². The van der Waals surface area contributed by atoms with Crippen molar-refractivity contribution in [3.8, 4) is 5.75 Å². The van der Waals surface area contributed by atoms with Crippen LogP contribution in [0.3, 0.4) is 0 Å². The maximum absolute atomic E-state index is 13.3. The molecule has 0 aliphatic heterocycles. The first-order valence-electron chi connectivity index (χ1n) is 10.8. The molecule has 0 bridgehead atoms. The zero-order valence-electron chi connectivity index (χ0n) is 17.5. The van der Waals surface area contributed by atoms with E-state index in [-0.39, 0.29) is 29.1 Å². The van der Waals surface area contributed by atoms with Gasteiger partial charge in [-0.2, -0.15) is 9.78 Å². The first kappa shape index (κ1) is 20.0. The zero-order valence-corrected chi connectivity index (χ0v) is 17.5. The number of aromatic nitrogens is 3. The second-order valence-electron chi connectivity index (χ2n) is 8.07. The molecule has 162 valence electrons. The lowest BCUT2D eigenvalue weighted by molar-refractivity contribution is 0.0930. The van der Waals surface area contributed by atoms with Crippen molar-refractivity contribution in [2.75, 3.05) is 5.73 Å². The maximum atomic E-state index is 13.3. The van der Waals surface area contributed by atoms with Gasteiger partial charge in [0.1, 0.15) is 22.6 Å². The highest BCUT2D eigenvalue weighted by Crippen LogP contribution is 2.29. The summed E-state index contributed by atoms with van der Waals surface area (Å²) in [5.41, 5.74) is 9.38. The summed E-state index contributed by atoms with van der Waals surface area (Å²) >= 11 is 0. The second kappa shape index (κ2) is 8.30. The Morgan fingerprint density at radius 1 is 1.06 bits per heavy atom. The quantitative estimate of drug-likeness (QED) is 0.427. The van der Waals surface area contributed by atoms with Gasteiger partial charge in [0, 0.05) is 11.6 Å². The van der Waals surface area contributed by atoms with E-state index in [4.69, 9.17) is 10.7 Å². The minimum Gasteiger partial charge on any atom is -0.507 e. The van der Waals surface area contributed by atoms with Crippen molar-refractivity contribution in [3.05, 3.63) is 59.7 Å². The third-order valence-corrected chi connectivity index (χ3v) is 5.89. The number of fused-ring (bicyclic) bond motifs is 2. The number of carbonyl (C=O) groups is 1. The molecule has 5 rings (SSSR count). The van der Waals surface area contributed by atoms with Crippen LogP contribution < -0.4 is 11.1 Å². The predicted molar refractivity (Wildman–Crippen MR) is 125 cm³/mol. The van der Waals surface area contributed by atoms with E-state index in [2.05, 4.69) is 15.4 Å². The lowest BCUT2D eigenvalue weighted by atomic mass is 9.95. The van der Waals surface area contributed by atoms with Crippen LogP contribution in [0, 0.1) is 0 Å². The molecule has 1 aliphatic rings. The van der Waals surface area contributed by atoms with Gasteiger partial charge in [0.2, 0.25) is 0 Å². The predicted octanol–water partition coefficient (Wildman–Crippen LogP) is 3.82. The molecule has 0 unspecified atom stereocenters. The first-order chi connectivity index (χ1) is 15.6. The number of amides is 1. The molecular formula is C24H24N6O2. The molecule has 0 atom stereocenters. The van der Waals surface area contributed by atoms with Gasteiger partial charge < -0.3 is 16.2 Å². The van der Waals surface area contributed by atoms with E-state index in [0.29, 0.717) is 27.8 Å². The van der Waals surface area contributed by atoms with Gasteiger partial charge in [0.05, 0.1) is 17.2 Å². The summed E-state index contributed by atoms with van der Waals surface area (Å²) in [6.07, 6.45) is 6.83. The summed E-state index contributed by atoms with van der Waals surface area (Å²) in [6.45, 7) is 0. The number of nitrogens with two attached hydrogens (primary N) is 1. The van der Waals surface area contributed by atoms with Crippen molar-refractivity contribution in [1.82, 2.24) is 20.0 Å². The van der Waals surface area contributed by atoms with E-state index in [9.17, 15) is 9.90 Å². The average molecular weight is 428 g/mol. The highest BCUT2D eigenvalue weighted by atomic mass is 16.3. The lowest BCUT2D eigenvalue weighted by Gasteiger charge is -2.22. The van der Waals surface area contributed by atoms with Crippen molar-refractivity contribution >= 4 is 40.1 Å². The van der Waals surface area contributed by atoms with Crippen LogP contribution in [0.5, 0.6) is 5.75 Å². The summed E-state index contributed by atoms with van der Waals surface area (Å²) in [5.74, 6) is -0.00569. The molecule has 0 spiro atoms. The molecule has 1 amide bonds. The average Bonchev–Trinajstić information content (AvgIpc) is 3.08. The van der Waals surface area contributed by atoms with Crippen LogP contribution in [0.4, 0.5) is 5.82 Å². The minimum absolute atomic E-state index is 0.0954. The number of carbonyl (C=O) groups excluding carboxylic acids is 1. The standard InChI is InChI=1S/C24H24N6O2/c25-22-20(24(32)27-16-9-2-1-3-10-16)21-23(29-18-12-6-5-11-17(18)28-21)30(22)26-14-15-8-4-7-13-19(15)31/h4-8,11-14,16,31H,1-3,9-10,25H2,(H,27,32). The summed E-state index contributed by atoms with van der Waals surface area (Å²) in [5, 5.41) is 17.6. The number of phenolic OH excluding ortho intramolecular Hbond substituents is 1. The Morgan fingerprint density at radius 2 is 1.75 bits per heavy atom. The number of nitrogens with one attached hydrogen (secondary N) is 1. The lowest BCUT2D eigenvalue weighted by Crippen LogP contribution is -2.36. The Balaban J connectivity index is 1.64. The van der Waals surface area contributed by atoms with Gasteiger partial charge in [-0.3, -0.25) is 4.79 Å². The van der Waals surface area contributed by atoms with Crippen molar-refractivity contribution in [1.29, 1.82) is 0 Å². The van der Waals surface area contributed by atoms with Gasteiger partial charge >= 0.3 is 0 Å². The molecule has 1 aliphatic carbocycles. The molecule has 2 heterocycles. The Bertz CT molecular complexity index is 1340. The monoisotopic (exact) mass is 428 g/mol. The second-order valence-corrected chi connectivity index (χ2v) is 8.07. The summed E-state index contributed by atoms with van der Waals surface area (Å²) in [7, 11) is 0. The number of phenols is 1. The zero-order chi connectivity index (χ0) is 22.1. The van der Waals surface area contributed by atoms with Gasteiger partial charge in [0.15, 0.2) is 5.65 Å². The highest BCUT2D eigenvalue weighted by molar-refractivity contribution is 6.10. The number of aromatic hydroxyl groups is 1. The number of benzene rings is 2. The SMILES string of the molecule is Nc1c(C(=O)NC2CCCCC2)c2nc3ccccc3nc2n1N=Cc1ccccc1O. The highest BCUT2D eigenvalue weighted by Gasteiger charge is 2.26. The Hall–Kier alpha value is -3.94. The molecule has 2 aromatic carbocycles. The molecule has 0 radical (unpaired) electrons. The fraction of sp³-hybridized carbons (Fsp3) is 0.250. The largest absolute Gasteiger partial charge is 0.507 e. The summed E-state index contributed by atoms with van der Waals surface area (Å²) in [4.78, 5) is 22.6. The fourth-order valence-electron chi connectivity index (χ4n) is 4.21. The van der Waals surface area contributed by atoms with Gasteiger partial charge in [-0.15, -0.1) is 0 Å². The number of para-hydroxylation sites is 3. The first-order valence-corrected chi connectivity index (χ1v) is 10.8. The Kier molecular flexibility index (Phi) is 5.18. The van der Waals surface area contributed by atoms with Crippen molar-refractivity contribution in [2.24, 2.45) is 5.10 Å². The Morgan fingerprint density at radius 3 is 2.50 bits per heavy atom. The van der Waals surface area contributed by atoms with Crippen molar-refractivity contribution in [3.63, 3.8) is 0 Å². The van der Waals surface area contributed by atoms with E-state index in [1.54, 1.807) is 24.3 Å². The number of rotatable bonds is 4. The molecule has 2 aromatic heterocycles. The number of anilines is 1. The molecule has 4 N–H and O–H groups in total. The normalized spacial score (nSPS) is 15.0. The van der Waals surface area contributed by atoms with E-state index in [1.165, 1.54) is 17.3 Å². The van der Waals surface area contributed by atoms with Crippen LogP contribution in [0.25, 0.3) is 22.2 Å². The van der Waals surface area contributed by atoms with Crippen LogP contribution in [-0.4, -0.2) is 37.9 Å². The third kappa shape index (κ3) is 3.64. The number of hydrogen-bond acceptors (Lipinski definition) is 6. The summed E-state index contributed by atoms with van der Waals surface area (Å²) in [6, 6.07) is 14.4. The molecule has 1 saturated carbocycles. The topological polar surface area (TPSA) is 118 Å². The molecular weight excluding hydrogens is 404 g/mol. The van der Waals surface area contributed by atoms with E-state index >= 15 is 0 Å². The fourth-order valence-corrected chi connectivity index (χ4v) is 4.21. The van der Waals surface area contributed by atoms with Crippen LogP contribution in [0.15, 0.2) is 53.6 Å². The van der Waals surface area contributed by atoms with Gasteiger partial charge in [-0.1, -0.05) is 43.5 Å². The van der Waals surface area contributed by atoms with Gasteiger partial charge in [-0.25, -0.2) is 9.97 Å². The molecule has 1 fully saturated rings. The van der Waals surface area contributed by atoms with Crippen molar-refractivity contribution in [2.45, 2.75) is 38.1 Å². The van der Waals surface area contributed by atoms with Crippen LogP contribution >= 0.6 is 0 Å². The summed E-state index contributed by atoms with van der Waals surface area (Å²) < 4.78 is 1.41. The van der Waals surface area contributed by atoms with Crippen LogP contribution in [0.2, 0.25) is 0 Å². The van der Waals surface area contributed by atoms with Crippen LogP contribution in [-0.2, 0) is 0 Å².